The summed E-state index contributed by atoms with van der Waals surface area (Å²) in [5, 5.41) is 0. The highest BCUT2D eigenvalue weighted by molar-refractivity contribution is 7.47. The molecule has 3 N–H and O–H groups in total. The molecule has 10 heteroatoms. The van der Waals surface area contributed by atoms with Crippen LogP contribution in [0.1, 0.15) is 155 Å². The van der Waals surface area contributed by atoms with Crippen LogP contribution in [0.15, 0.2) is 72.9 Å². The van der Waals surface area contributed by atoms with Crippen molar-refractivity contribution in [2.75, 3.05) is 26.4 Å². The van der Waals surface area contributed by atoms with Crippen LogP contribution >= 0.6 is 7.82 Å². The highest BCUT2D eigenvalue weighted by Gasteiger charge is 2.25. The fraction of sp³-hybridized carbons (Fsp3) is 0.674. The first-order valence-corrected chi connectivity index (χ1v) is 21.9. The highest BCUT2D eigenvalue weighted by atomic mass is 31.2. The largest absolute Gasteiger partial charge is 0.472 e. The number of rotatable bonds is 37. The summed E-state index contributed by atoms with van der Waals surface area (Å²) in [6.07, 6.45) is 46.8. The standard InChI is InChI=1S/C43H74NO8P/c1-3-5-7-9-11-13-15-17-19-20-22-24-26-28-30-32-34-36-43(46)52-41(40-51-53(47,48)50-38-37-44)39-49-42(45)35-33-31-29-27-25-23-21-18-16-14-12-10-8-6-4-2/h13,15,19-20,23-26,29-32,41H,3-12,14,16-18,21-22,27-28,33-40,44H2,1-2H3,(H,47,48)/b15-13-,20-19-,25-23-,26-24-,31-29-,32-30-. The SMILES string of the molecule is CCCCCC/C=C\C/C=C\C/C=C\C/C=C\CCC(=O)OC(COC(=O)CC/C=C\C/C=C\CCCCCCCCCC)COP(=O)(O)OCCN. The molecule has 0 rings (SSSR count). The molecule has 0 heterocycles. The van der Waals surface area contributed by atoms with E-state index >= 15 is 0 Å². The Morgan fingerprint density at radius 1 is 0.566 bits per heavy atom. The fourth-order valence-corrected chi connectivity index (χ4v) is 5.81. The third-order valence-electron chi connectivity index (χ3n) is 8.09. The van der Waals surface area contributed by atoms with Crippen LogP contribution < -0.4 is 5.73 Å². The number of unbranched alkanes of at least 4 members (excludes halogenated alkanes) is 12. The second-order valence-electron chi connectivity index (χ2n) is 13.1. The Hall–Kier alpha value is -2.55. The summed E-state index contributed by atoms with van der Waals surface area (Å²) in [4.78, 5) is 34.7. The number of hydrogen-bond donors (Lipinski definition) is 2. The van der Waals surface area contributed by atoms with E-state index in [1.54, 1.807) is 0 Å². The van der Waals surface area contributed by atoms with Gasteiger partial charge in [0.15, 0.2) is 6.10 Å². The second kappa shape index (κ2) is 39.2. The molecule has 0 aliphatic carbocycles. The summed E-state index contributed by atoms with van der Waals surface area (Å²) in [6.45, 7) is 3.54. The van der Waals surface area contributed by atoms with Crippen molar-refractivity contribution < 1.29 is 37.6 Å². The van der Waals surface area contributed by atoms with Gasteiger partial charge in [0.1, 0.15) is 6.61 Å². The number of allylic oxidation sites excluding steroid dienone is 12. The quantitative estimate of drug-likeness (QED) is 0.0274. The molecule has 0 aliphatic heterocycles. The Kier molecular flexibility index (Phi) is 37.3. The van der Waals surface area contributed by atoms with Crippen LogP contribution in [0.3, 0.4) is 0 Å². The summed E-state index contributed by atoms with van der Waals surface area (Å²) in [7, 11) is -4.41. The summed E-state index contributed by atoms with van der Waals surface area (Å²) in [5.41, 5.74) is 5.33. The van der Waals surface area contributed by atoms with Crippen molar-refractivity contribution in [2.45, 2.75) is 161 Å². The minimum Gasteiger partial charge on any atom is -0.462 e. The first-order chi connectivity index (χ1) is 25.8. The number of nitrogens with two attached hydrogens (primary N) is 1. The molecule has 53 heavy (non-hydrogen) atoms. The molecule has 0 saturated heterocycles. The topological polar surface area (TPSA) is 134 Å². The van der Waals surface area contributed by atoms with E-state index in [9.17, 15) is 19.0 Å². The molecule has 2 atom stereocenters. The average Bonchev–Trinajstić information content (AvgIpc) is 3.14. The van der Waals surface area contributed by atoms with Crippen LogP contribution in [0.2, 0.25) is 0 Å². The van der Waals surface area contributed by atoms with Gasteiger partial charge >= 0.3 is 19.8 Å². The first kappa shape index (κ1) is 50.5. The molecule has 0 aromatic carbocycles. The lowest BCUT2D eigenvalue weighted by atomic mass is 10.1. The van der Waals surface area contributed by atoms with E-state index in [-0.39, 0.29) is 32.6 Å². The minimum absolute atomic E-state index is 0.0332. The molecule has 304 valence electrons. The van der Waals surface area contributed by atoms with Crippen LogP contribution in [0.5, 0.6) is 0 Å². The molecule has 0 aliphatic rings. The molecular weight excluding hydrogens is 689 g/mol. The predicted molar refractivity (Wildman–Crippen MR) is 219 cm³/mol. The maximum Gasteiger partial charge on any atom is 0.472 e. The van der Waals surface area contributed by atoms with Gasteiger partial charge in [-0.1, -0.05) is 151 Å². The maximum absolute atomic E-state index is 12.5. The number of hydrogen-bond acceptors (Lipinski definition) is 8. The van der Waals surface area contributed by atoms with Crippen LogP contribution in [-0.4, -0.2) is 49.3 Å². The monoisotopic (exact) mass is 764 g/mol. The van der Waals surface area contributed by atoms with E-state index < -0.39 is 32.5 Å². The lowest BCUT2D eigenvalue weighted by Crippen LogP contribution is -2.29. The van der Waals surface area contributed by atoms with Crippen LogP contribution in [-0.2, 0) is 32.7 Å². The Balaban J connectivity index is 4.40. The molecule has 0 aromatic rings. The normalized spacial score (nSPS) is 14.1. The molecule has 0 fully saturated rings. The number of phosphoric acid groups is 1. The molecule has 0 bridgehead atoms. The number of phosphoric ester groups is 1. The fourth-order valence-electron chi connectivity index (χ4n) is 5.04. The van der Waals surface area contributed by atoms with Crippen molar-refractivity contribution >= 4 is 19.8 Å². The van der Waals surface area contributed by atoms with Gasteiger partial charge in [-0.25, -0.2) is 4.57 Å². The summed E-state index contributed by atoms with van der Waals surface area (Å²) in [5.74, 6) is -1.01. The van der Waals surface area contributed by atoms with Gasteiger partial charge in [-0.05, 0) is 64.2 Å². The predicted octanol–water partition coefficient (Wildman–Crippen LogP) is 11.5. The average molecular weight is 764 g/mol. The van der Waals surface area contributed by atoms with Crippen molar-refractivity contribution in [3.05, 3.63) is 72.9 Å². The van der Waals surface area contributed by atoms with Crippen molar-refractivity contribution in [2.24, 2.45) is 5.73 Å². The van der Waals surface area contributed by atoms with E-state index in [0.717, 1.165) is 38.5 Å². The molecule has 0 saturated carbocycles. The van der Waals surface area contributed by atoms with Gasteiger partial charge < -0.3 is 20.1 Å². The lowest BCUT2D eigenvalue weighted by Gasteiger charge is -2.19. The van der Waals surface area contributed by atoms with Gasteiger partial charge in [0.2, 0.25) is 0 Å². The van der Waals surface area contributed by atoms with E-state index in [0.29, 0.717) is 12.8 Å². The van der Waals surface area contributed by atoms with Crippen molar-refractivity contribution in [3.8, 4) is 0 Å². The third-order valence-corrected chi connectivity index (χ3v) is 9.08. The summed E-state index contributed by atoms with van der Waals surface area (Å²) >= 11 is 0. The smallest absolute Gasteiger partial charge is 0.462 e. The number of esters is 2. The van der Waals surface area contributed by atoms with Crippen LogP contribution in [0.4, 0.5) is 0 Å². The van der Waals surface area contributed by atoms with E-state index in [4.69, 9.17) is 24.3 Å². The maximum atomic E-state index is 12.5. The highest BCUT2D eigenvalue weighted by Crippen LogP contribution is 2.43. The molecule has 0 aromatic heterocycles. The van der Waals surface area contributed by atoms with Gasteiger partial charge in [0.25, 0.3) is 0 Å². The Labute approximate surface area is 322 Å². The van der Waals surface area contributed by atoms with E-state index in [2.05, 4.69) is 62.5 Å². The Morgan fingerprint density at radius 3 is 1.47 bits per heavy atom. The summed E-state index contributed by atoms with van der Waals surface area (Å²) in [6, 6.07) is 0. The zero-order valence-corrected chi connectivity index (χ0v) is 34.1. The molecule has 0 spiro atoms. The Bertz CT molecular complexity index is 1100. The number of ether oxygens (including phenoxy) is 2. The van der Waals surface area contributed by atoms with E-state index in [1.807, 2.05) is 24.3 Å². The van der Waals surface area contributed by atoms with Gasteiger partial charge in [0, 0.05) is 19.4 Å². The molecule has 0 radical (unpaired) electrons. The third kappa shape index (κ3) is 39.0. The zero-order chi connectivity index (χ0) is 38.9. The second-order valence-corrected chi connectivity index (χ2v) is 14.6. The van der Waals surface area contributed by atoms with Gasteiger partial charge in [-0.15, -0.1) is 0 Å². The van der Waals surface area contributed by atoms with Gasteiger partial charge in [-0.3, -0.25) is 18.6 Å². The van der Waals surface area contributed by atoms with Crippen molar-refractivity contribution in [1.29, 1.82) is 0 Å². The Morgan fingerprint density at radius 2 is 0.981 bits per heavy atom. The lowest BCUT2D eigenvalue weighted by molar-refractivity contribution is -0.161. The van der Waals surface area contributed by atoms with Crippen LogP contribution in [0, 0.1) is 0 Å². The number of carbonyl (C=O) groups is 2. The summed E-state index contributed by atoms with van der Waals surface area (Å²) < 4.78 is 32.5. The molecule has 2 unspecified atom stereocenters. The van der Waals surface area contributed by atoms with Crippen molar-refractivity contribution in [1.82, 2.24) is 0 Å². The molecule has 9 nitrogen and oxygen atoms in total. The molecule has 0 amide bonds. The van der Waals surface area contributed by atoms with Gasteiger partial charge in [-0.2, -0.15) is 0 Å². The minimum atomic E-state index is -4.41. The van der Waals surface area contributed by atoms with Crippen molar-refractivity contribution in [3.63, 3.8) is 0 Å². The number of carbonyl (C=O) groups excluding carboxylic acids is 2. The van der Waals surface area contributed by atoms with E-state index in [1.165, 1.54) is 77.0 Å². The first-order valence-electron chi connectivity index (χ1n) is 20.4. The zero-order valence-electron chi connectivity index (χ0n) is 33.2. The van der Waals surface area contributed by atoms with Crippen LogP contribution in [0.25, 0.3) is 0 Å². The van der Waals surface area contributed by atoms with Gasteiger partial charge in [0.05, 0.1) is 13.2 Å². The molecular formula is C43H74NO8P.